The van der Waals surface area contributed by atoms with Crippen LogP contribution in [0.25, 0.3) is 11.0 Å². The molecule has 2 rings (SSSR count). The minimum absolute atomic E-state index is 0.222. The summed E-state index contributed by atoms with van der Waals surface area (Å²) in [5, 5.41) is 0. The van der Waals surface area contributed by atoms with Gasteiger partial charge in [-0.05, 0) is 42.0 Å². The molecule has 0 spiro atoms. The number of halogens is 3. The molecule has 1 heterocycles. The second kappa shape index (κ2) is 6.85. The van der Waals surface area contributed by atoms with E-state index in [4.69, 9.17) is 16.3 Å². The summed E-state index contributed by atoms with van der Waals surface area (Å²) in [7, 11) is 0. The van der Waals surface area contributed by atoms with Crippen molar-refractivity contribution >= 4 is 45.2 Å². The third-order valence-corrected chi connectivity index (χ3v) is 3.93. The molecule has 0 amide bonds. The van der Waals surface area contributed by atoms with Crippen LogP contribution in [0.3, 0.4) is 0 Å². The Morgan fingerprint density at radius 1 is 1.47 bits per heavy atom. The highest BCUT2D eigenvalue weighted by Crippen LogP contribution is 2.23. The molecule has 1 aromatic heterocycles. The van der Waals surface area contributed by atoms with Gasteiger partial charge in [-0.2, -0.15) is 0 Å². The van der Waals surface area contributed by atoms with Crippen LogP contribution in [0.4, 0.5) is 4.39 Å². The first-order chi connectivity index (χ1) is 9.17. The van der Waals surface area contributed by atoms with E-state index in [1.165, 1.54) is 6.07 Å². The standard InChI is InChI=1S/C13H15ClFIN2O/c1-2-19-5-3-4-18-12-6-9(15)10(16)7-11(12)17-13(18)8-14/h6-7H,2-5,8H2,1H3. The molecule has 0 fully saturated rings. The maximum absolute atomic E-state index is 13.7. The lowest BCUT2D eigenvalue weighted by Gasteiger charge is -2.08. The van der Waals surface area contributed by atoms with Gasteiger partial charge >= 0.3 is 0 Å². The first-order valence-electron chi connectivity index (χ1n) is 6.15. The summed E-state index contributed by atoms with van der Waals surface area (Å²) in [6, 6.07) is 3.28. The molecule has 0 N–H and O–H groups in total. The van der Waals surface area contributed by atoms with E-state index in [1.54, 1.807) is 6.07 Å². The quantitative estimate of drug-likeness (QED) is 0.420. The predicted octanol–water partition coefficient (Wildman–Crippen LogP) is 3.95. The first-order valence-corrected chi connectivity index (χ1v) is 7.76. The molecule has 0 saturated heterocycles. The van der Waals surface area contributed by atoms with Crippen LogP contribution in [0.15, 0.2) is 12.1 Å². The van der Waals surface area contributed by atoms with Gasteiger partial charge in [0.15, 0.2) is 0 Å². The van der Waals surface area contributed by atoms with E-state index < -0.39 is 0 Å². The molecule has 0 bridgehead atoms. The smallest absolute Gasteiger partial charge is 0.138 e. The maximum Gasteiger partial charge on any atom is 0.138 e. The Kier molecular flexibility index (Phi) is 5.41. The van der Waals surface area contributed by atoms with Crippen LogP contribution in [0, 0.1) is 9.39 Å². The van der Waals surface area contributed by atoms with Gasteiger partial charge in [-0.1, -0.05) is 0 Å². The van der Waals surface area contributed by atoms with E-state index in [-0.39, 0.29) is 5.82 Å². The highest BCUT2D eigenvalue weighted by molar-refractivity contribution is 14.1. The Morgan fingerprint density at radius 2 is 2.26 bits per heavy atom. The fourth-order valence-corrected chi connectivity index (χ4v) is 2.65. The highest BCUT2D eigenvalue weighted by atomic mass is 127. The number of fused-ring (bicyclic) bond motifs is 1. The third-order valence-electron chi connectivity index (χ3n) is 2.86. The topological polar surface area (TPSA) is 27.1 Å². The second-order valence-corrected chi connectivity index (χ2v) is 5.55. The maximum atomic E-state index is 13.7. The van der Waals surface area contributed by atoms with Gasteiger partial charge in [0.1, 0.15) is 11.6 Å². The van der Waals surface area contributed by atoms with Gasteiger partial charge in [0.25, 0.3) is 0 Å². The molecule has 19 heavy (non-hydrogen) atoms. The van der Waals surface area contributed by atoms with Crippen molar-refractivity contribution in [1.82, 2.24) is 9.55 Å². The average molecular weight is 397 g/mol. The van der Waals surface area contributed by atoms with E-state index in [0.717, 1.165) is 29.8 Å². The van der Waals surface area contributed by atoms with Crippen molar-refractivity contribution in [1.29, 1.82) is 0 Å². The zero-order chi connectivity index (χ0) is 13.8. The van der Waals surface area contributed by atoms with Crippen molar-refractivity contribution in [3.63, 3.8) is 0 Å². The van der Waals surface area contributed by atoms with Crippen LogP contribution < -0.4 is 0 Å². The molecule has 0 radical (unpaired) electrons. The first kappa shape index (κ1) is 15.0. The fourth-order valence-electron chi connectivity index (χ4n) is 1.99. The highest BCUT2D eigenvalue weighted by Gasteiger charge is 2.12. The number of alkyl halides is 1. The lowest BCUT2D eigenvalue weighted by Crippen LogP contribution is -2.06. The van der Waals surface area contributed by atoms with Crippen molar-refractivity contribution < 1.29 is 9.13 Å². The summed E-state index contributed by atoms with van der Waals surface area (Å²) in [6.45, 7) is 4.09. The van der Waals surface area contributed by atoms with Gasteiger partial charge in [-0.15, -0.1) is 11.6 Å². The summed E-state index contributed by atoms with van der Waals surface area (Å²) in [5.41, 5.74) is 1.59. The number of rotatable bonds is 6. The Bertz CT molecular complexity index is 573. The summed E-state index contributed by atoms with van der Waals surface area (Å²) in [4.78, 5) is 4.45. The van der Waals surface area contributed by atoms with Gasteiger partial charge in [0.2, 0.25) is 0 Å². The number of imidazole rings is 1. The van der Waals surface area contributed by atoms with E-state index >= 15 is 0 Å². The van der Waals surface area contributed by atoms with Crippen molar-refractivity contribution in [3.05, 3.63) is 27.3 Å². The normalized spacial score (nSPS) is 11.4. The van der Waals surface area contributed by atoms with Crippen LogP contribution in [0.1, 0.15) is 19.2 Å². The molecule has 3 nitrogen and oxygen atoms in total. The Hall–Kier alpha value is -0.400. The molecule has 0 saturated carbocycles. The summed E-state index contributed by atoms with van der Waals surface area (Å²) < 4.78 is 21.5. The number of ether oxygens (including phenoxy) is 1. The van der Waals surface area contributed by atoms with Crippen LogP contribution in [-0.4, -0.2) is 22.8 Å². The lowest BCUT2D eigenvalue weighted by molar-refractivity contribution is 0.142. The number of nitrogens with zero attached hydrogens (tertiary/aromatic N) is 2. The van der Waals surface area contributed by atoms with E-state index in [2.05, 4.69) is 4.98 Å². The third kappa shape index (κ3) is 3.38. The molecule has 0 atom stereocenters. The Labute approximate surface area is 130 Å². The molecule has 0 aliphatic heterocycles. The van der Waals surface area contributed by atoms with Gasteiger partial charge in [0, 0.05) is 25.8 Å². The molecule has 2 aromatic rings. The molecule has 6 heteroatoms. The fraction of sp³-hybridized carbons (Fsp3) is 0.462. The number of hydrogen-bond acceptors (Lipinski definition) is 2. The van der Waals surface area contributed by atoms with Gasteiger partial charge in [0.05, 0.1) is 20.5 Å². The summed E-state index contributed by atoms with van der Waals surface area (Å²) in [6.07, 6.45) is 0.858. The van der Waals surface area contributed by atoms with E-state index in [1.807, 2.05) is 34.1 Å². The SMILES string of the molecule is CCOCCCn1c(CCl)nc2cc(I)c(F)cc21. The zero-order valence-corrected chi connectivity index (χ0v) is 13.5. The molecule has 0 aliphatic carbocycles. The lowest BCUT2D eigenvalue weighted by atomic mass is 10.3. The van der Waals surface area contributed by atoms with Crippen molar-refractivity contribution in [2.75, 3.05) is 13.2 Å². The van der Waals surface area contributed by atoms with E-state index in [9.17, 15) is 4.39 Å². The molecule has 1 aromatic carbocycles. The largest absolute Gasteiger partial charge is 0.382 e. The molecular weight excluding hydrogens is 382 g/mol. The van der Waals surface area contributed by atoms with Crippen molar-refractivity contribution in [2.24, 2.45) is 0 Å². The average Bonchev–Trinajstić information content (AvgIpc) is 2.73. The predicted molar refractivity (Wildman–Crippen MR) is 83.1 cm³/mol. The monoisotopic (exact) mass is 396 g/mol. The zero-order valence-electron chi connectivity index (χ0n) is 10.6. The van der Waals surface area contributed by atoms with Crippen LogP contribution in [0.2, 0.25) is 0 Å². The van der Waals surface area contributed by atoms with Crippen LogP contribution in [-0.2, 0) is 17.2 Å². The Balaban J connectivity index is 2.31. The number of aromatic nitrogens is 2. The molecule has 0 aliphatic rings. The second-order valence-electron chi connectivity index (χ2n) is 4.12. The van der Waals surface area contributed by atoms with Crippen LogP contribution >= 0.6 is 34.2 Å². The minimum Gasteiger partial charge on any atom is -0.382 e. The minimum atomic E-state index is -0.222. The Morgan fingerprint density at radius 3 is 2.95 bits per heavy atom. The summed E-state index contributed by atoms with van der Waals surface area (Å²) in [5.74, 6) is 0.872. The van der Waals surface area contributed by atoms with Gasteiger partial charge in [-0.25, -0.2) is 9.37 Å². The number of aryl methyl sites for hydroxylation is 1. The van der Waals surface area contributed by atoms with E-state index in [0.29, 0.717) is 22.7 Å². The number of benzene rings is 1. The van der Waals surface area contributed by atoms with Crippen molar-refractivity contribution in [3.8, 4) is 0 Å². The van der Waals surface area contributed by atoms with Crippen molar-refractivity contribution in [2.45, 2.75) is 25.8 Å². The van der Waals surface area contributed by atoms with Gasteiger partial charge < -0.3 is 9.30 Å². The molecule has 104 valence electrons. The molecular formula is C13H15ClFIN2O. The van der Waals surface area contributed by atoms with Gasteiger partial charge in [-0.3, -0.25) is 0 Å². The summed E-state index contributed by atoms with van der Waals surface area (Å²) >= 11 is 7.88. The number of hydrogen-bond donors (Lipinski definition) is 0. The molecule has 0 unspecified atom stereocenters. The van der Waals surface area contributed by atoms with Crippen LogP contribution in [0.5, 0.6) is 0 Å².